The van der Waals surface area contributed by atoms with Gasteiger partial charge in [-0.3, -0.25) is 0 Å². The zero-order chi connectivity index (χ0) is 12.0. The Balaban J connectivity index is 2.06. The Kier molecular flexibility index (Phi) is 5.34. The van der Waals surface area contributed by atoms with Gasteiger partial charge < -0.3 is 5.32 Å². The van der Waals surface area contributed by atoms with Crippen LogP contribution in [0, 0.1) is 5.92 Å². The fourth-order valence-electron chi connectivity index (χ4n) is 4.21. The predicted octanol–water partition coefficient (Wildman–Crippen LogP) is 4.66. The van der Waals surface area contributed by atoms with E-state index in [0.717, 1.165) is 5.92 Å². The minimum absolute atomic E-state index is 0.523. The number of hydrogen-bond acceptors (Lipinski definition) is 1. The Bertz CT molecular complexity index is 196. The molecule has 1 nitrogen and oxygen atoms in total. The topological polar surface area (TPSA) is 12.0 Å². The normalized spacial score (nSPS) is 33.0. The van der Waals surface area contributed by atoms with Gasteiger partial charge in [0.2, 0.25) is 0 Å². The zero-order valence-electron chi connectivity index (χ0n) is 11.8. The van der Waals surface area contributed by atoms with Gasteiger partial charge in [0.1, 0.15) is 0 Å². The van der Waals surface area contributed by atoms with E-state index in [1.807, 2.05) is 0 Å². The van der Waals surface area contributed by atoms with Crippen LogP contribution >= 0.6 is 0 Å². The molecule has 2 rings (SSSR count). The maximum absolute atomic E-state index is 3.99. The van der Waals surface area contributed by atoms with E-state index in [-0.39, 0.29) is 0 Å². The molecule has 0 bridgehead atoms. The average molecular weight is 237 g/mol. The molecule has 0 amide bonds. The van der Waals surface area contributed by atoms with E-state index in [2.05, 4.69) is 12.2 Å². The van der Waals surface area contributed by atoms with Crippen molar-refractivity contribution in [1.29, 1.82) is 0 Å². The first-order valence-electron chi connectivity index (χ1n) is 8.12. The molecule has 1 aliphatic heterocycles. The van der Waals surface area contributed by atoms with Crippen LogP contribution in [-0.2, 0) is 0 Å². The van der Waals surface area contributed by atoms with Gasteiger partial charge in [0.05, 0.1) is 0 Å². The molecule has 1 N–H and O–H groups in total. The summed E-state index contributed by atoms with van der Waals surface area (Å²) >= 11 is 0. The molecule has 0 aromatic heterocycles. The highest BCUT2D eigenvalue weighted by molar-refractivity contribution is 4.95. The van der Waals surface area contributed by atoms with Crippen LogP contribution < -0.4 is 5.32 Å². The van der Waals surface area contributed by atoms with Gasteiger partial charge in [0, 0.05) is 5.54 Å². The first kappa shape index (κ1) is 13.4. The van der Waals surface area contributed by atoms with Crippen molar-refractivity contribution in [2.75, 3.05) is 6.54 Å². The molecule has 1 atom stereocenters. The maximum atomic E-state index is 3.99. The largest absolute Gasteiger partial charge is 0.311 e. The van der Waals surface area contributed by atoms with E-state index < -0.39 is 0 Å². The second-order valence-corrected chi connectivity index (χ2v) is 6.33. The number of hydrogen-bond donors (Lipinski definition) is 1. The van der Waals surface area contributed by atoms with Crippen LogP contribution in [0.4, 0.5) is 0 Å². The molecule has 1 heterocycles. The molecular weight excluding hydrogens is 206 g/mol. The molecule has 1 saturated carbocycles. The average Bonchev–Trinajstić information content (AvgIpc) is 2.72. The van der Waals surface area contributed by atoms with Gasteiger partial charge in [-0.15, -0.1) is 0 Å². The SMILES string of the molecule is CCCC1(C2CCCCCC2)CCCCCN1. The van der Waals surface area contributed by atoms with E-state index in [4.69, 9.17) is 0 Å². The van der Waals surface area contributed by atoms with Crippen molar-refractivity contribution < 1.29 is 0 Å². The minimum atomic E-state index is 0.523. The Labute approximate surface area is 108 Å². The lowest BCUT2D eigenvalue weighted by Gasteiger charge is -2.41. The van der Waals surface area contributed by atoms with Crippen molar-refractivity contribution in [3.63, 3.8) is 0 Å². The molecule has 2 aliphatic rings. The summed E-state index contributed by atoms with van der Waals surface area (Å²) in [5.41, 5.74) is 0.523. The van der Waals surface area contributed by atoms with Gasteiger partial charge in [-0.25, -0.2) is 0 Å². The molecule has 1 unspecified atom stereocenters. The third-order valence-electron chi connectivity index (χ3n) is 5.11. The first-order valence-corrected chi connectivity index (χ1v) is 8.12. The lowest BCUT2D eigenvalue weighted by molar-refractivity contribution is 0.165. The molecule has 2 fully saturated rings. The fraction of sp³-hybridized carbons (Fsp3) is 1.00. The standard InChI is InChI=1S/C16H31N/c1-2-12-16(13-8-5-9-14-17-16)15-10-6-3-4-7-11-15/h15,17H,2-14H2,1H3. The Morgan fingerprint density at radius 3 is 2.35 bits per heavy atom. The van der Waals surface area contributed by atoms with Crippen molar-refractivity contribution in [1.82, 2.24) is 5.32 Å². The van der Waals surface area contributed by atoms with Crippen LogP contribution in [0.2, 0.25) is 0 Å². The highest BCUT2D eigenvalue weighted by atomic mass is 15.0. The summed E-state index contributed by atoms with van der Waals surface area (Å²) in [5, 5.41) is 3.99. The van der Waals surface area contributed by atoms with Crippen LogP contribution in [0.5, 0.6) is 0 Å². The Morgan fingerprint density at radius 2 is 1.65 bits per heavy atom. The highest BCUT2D eigenvalue weighted by Gasteiger charge is 2.37. The summed E-state index contributed by atoms with van der Waals surface area (Å²) < 4.78 is 0. The van der Waals surface area contributed by atoms with Crippen LogP contribution in [0.3, 0.4) is 0 Å². The smallest absolute Gasteiger partial charge is 0.0209 e. The Hall–Kier alpha value is -0.0400. The molecule has 1 saturated heterocycles. The minimum Gasteiger partial charge on any atom is -0.311 e. The number of nitrogens with one attached hydrogen (secondary N) is 1. The monoisotopic (exact) mass is 237 g/mol. The molecule has 0 aromatic rings. The summed E-state index contributed by atoms with van der Waals surface area (Å²) in [5.74, 6) is 0.975. The van der Waals surface area contributed by atoms with Crippen LogP contribution in [0.1, 0.15) is 84.0 Å². The van der Waals surface area contributed by atoms with E-state index >= 15 is 0 Å². The molecule has 100 valence electrons. The van der Waals surface area contributed by atoms with Gasteiger partial charge in [0.15, 0.2) is 0 Å². The van der Waals surface area contributed by atoms with Crippen molar-refractivity contribution in [3.05, 3.63) is 0 Å². The van der Waals surface area contributed by atoms with E-state index in [0.29, 0.717) is 5.54 Å². The van der Waals surface area contributed by atoms with Gasteiger partial charge in [-0.1, -0.05) is 51.9 Å². The summed E-state index contributed by atoms with van der Waals surface area (Å²) in [4.78, 5) is 0. The zero-order valence-corrected chi connectivity index (χ0v) is 11.8. The summed E-state index contributed by atoms with van der Waals surface area (Å²) in [6.07, 6.45) is 17.5. The molecule has 17 heavy (non-hydrogen) atoms. The molecule has 1 aliphatic carbocycles. The third-order valence-corrected chi connectivity index (χ3v) is 5.11. The third kappa shape index (κ3) is 3.47. The van der Waals surface area contributed by atoms with Crippen LogP contribution in [0.25, 0.3) is 0 Å². The second kappa shape index (κ2) is 6.78. The van der Waals surface area contributed by atoms with Crippen molar-refractivity contribution in [2.45, 2.75) is 89.5 Å². The lowest BCUT2D eigenvalue weighted by Crippen LogP contribution is -2.50. The summed E-state index contributed by atoms with van der Waals surface area (Å²) in [7, 11) is 0. The van der Waals surface area contributed by atoms with Crippen LogP contribution in [-0.4, -0.2) is 12.1 Å². The summed E-state index contributed by atoms with van der Waals surface area (Å²) in [6.45, 7) is 3.64. The highest BCUT2D eigenvalue weighted by Crippen LogP contribution is 2.39. The van der Waals surface area contributed by atoms with Gasteiger partial charge in [-0.2, -0.15) is 0 Å². The second-order valence-electron chi connectivity index (χ2n) is 6.33. The Morgan fingerprint density at radius 1 is 0.941 bits per heavy atom. The molecule has 1 heteroatoms. The predicted molar refractivity (Wildman–Crippen MR) is 75.3 cm³/mol. The van der Waals surface area contributed by atoms with E-state index in [1.54, 1.807) is 0 Å². The quantitative estimate of drug-likeness (QED) is 0.704. The van der Waals surface area contributed by atoms with Gasteiger partial charge in [0.25, 0.3) is 0 Å². The molecule has 0 spiro atoms. The fourth-order valence-corrected chi connectivity index (χ4v) is 4.21. The van der Waals surface area contributed by atoms with E-state index in [9.17, 15) is 0 Å². The van der Waals surface area contributed by atoms with Gasteiger partial charge >= 0.3 is 0 Å². The van der Waals surface area contributed by atoms with Crippen molar-refractivity contribution in [3.8, 4) is 0 Å². The molecule has 0 aromatic carbocycles. The lowest BCUT2D eigenvalue weighted by atomic mass is 9.73. The van der Waals surface area contributed by atoms with Crippen molar-refractivity contribution >= 4 is 0 Å². The van der Waals surface area contributed by atoms with Crippen molar-refractivity contribution in [2.24, 2.45) is 5.92 Å². The van der Waals surface area contributed by atoms with E-state index in [1.165, 1.54) is 83.6 Å². The first-order chi connectivity index (χ1) is 8.37. The number of rotatable bonds is 3. The van der Waals surface area contributed by atoms with Gasteiger partial charge in [-0.05, 0) is 44.6 Å². The molecule has 0 radical (unpaired) electrons. The molecular formula is C16H31N. The maximum Gasteiger partial charge on any atom is 0.0209 e. The van der Waals surface area contributed by atoms with Crippen LogP contribution in [0.15, 0.2) is 0 Å². The summed E-state index contributed by atoms with van der Waals surface area (Å²) in [6, 6.07) is 0.